The largest absolute Gasteiger partial charge is 0.340 e. The number of amides is 2. The van der Waals surface area contributed by atoms with E-state index in [2.05, 4.69) is 19.2 Å². The van der Waals surface area contributed by atoms with Gasteiger partial charge in [-0.25, -0.2) is 0 Å². The number of carbonyl (C=O) groups is 2. The molecule has 0 saturated carbocycles. The fourth-order valence-electron chi connectivity index (χ4n) is 2.79. The first-order valence-electron chi connectivity index (χ1n) is 8.50. The van der Waals surface area contributed by atoms with Gasteiger partial charge < -0.3 is 15.1 Å². The quantitative estimate of drug-likeness (QED) is 0.855. The first-order valence-corrected chi connectivity index (χ1v) is 8.88. The molecule has 1 saturated heterocycles. The zero-order valence-corrected chi connectivity index (χ0v) is 15.2. The Hall–Kier alpha value is -1.59. The number of nitrogens with one attached hydrogen (secondary N) is 1. The van der Waals surface area contributed by atoms with Crippen LogP contribution in [0.5, 0.6) is 0 Å². The number of hydrogen-bond acceptors (Lipinski definition) is 3. The van der Waals surface area contributed by atoms with Gasteiger partial charge in [-0.3, -0.25) is 9.59 Å². The van der Waals surface area contributed by atoms with Gasteiger partial charge in [0.25, 0.3) is 5.91 Å². The summed E-state index contributed by atoms with van der Waals surface area (Å²) < 4.78 is 0. The van der Waals surface area contributed by atoms with Crippen molar-refractivity contribution >= 4 is 23.4 Å². The summed E-state index contributed by atoms with van der Waals surface area (Å²) in [6.07, 6.45) is 0.367. The van der Waals surface area contributed by atoms with E-state index in [1.165, 1.54) is 0 Å². The molecule has 5 nitrogen and oxygen atoms in total. The summed E-state index contributed by atoms with van der Waals surface area (Å²) in [4.78, 5) is 28.7. The lowest BCUT2D eigenvalue weighted by Gasteiger charge is -2.29. The number of halogens is 1. The molecule has 0 bridgehead atoms. The third-order valence-corrected chi connectivity index (χ3v) is 4.28. The van der Waals surface area contributed by atoms with Gasteiger partial charge >= 0.3 is 0 Å². The van der Waals surface area contributed by atoms with Crippen molar-refractivity contribution in [2.45, 2.75) is 20.3 Å². The average Bonchev–Trinajstić information content (AvgIpc) is 2.59. The van der Waals surface area contributed by atoms with E-state index in [1.54, 1.807) is 29.2 Å². The molecule has 24 heavy (non-hydrogen) atoms. The van der Waals surface area contributed by atoms with Crippen molar-refractivity contribution in [2.24, 2.45) is 5.92 Å². The molecule has 1 fully saturated rings. The molecule has 0 aromatic heterocycles. The summed E-state index contributed by atoms with van der Waals surface area (Å²) in [7, 11) is 0. The smallest absolute Gasteiger partial charge is 0.253 e. The van der Waals surface area contributed by atoms with Crippen LogP contribution in [0.2, 0.25) is 5.02 Å². The third-order valence-electron chi connectivity index (χ3n) is 4.03. The molecule has 0 aliphatic carbocycles. The molecule has 0 unspecified atom stereocenters. The van der Waals surface area contributed by atoms with Crippen molar-refractivity contribution in [3.05, 3.63) is 34.9 Å². The van der Waals surface area contributed by atoms with Crippen LogP contribution in [0.1, 0.15) is 30.6 Å². The highest BCUT2D eigenvalue weighted by Gasteiger charge is 2.21. The highest BCUT2D eigenvalue weighted by atomic mass is 35.5. The molecule has 1 aromatic carbocycles. The van der Waals surface area contributed by atoms with Crippen LogP contribution in [0, 0.1) is 5.92 Å². The Morgan fingerprint density at radius 2 is 1.83 bits per heavy atom. The highest BCUT2D eigenvalue weighted by Crippen LogP contribution is 2.13. The van der Waals surface area contributed by atoms with Gasteiger partial charge in [0.15, 0.2) is 0 Å². The molecular weight excluding hydrogens is 326 g/mol. The van der Waals surface area contributed by atoms with E-state index in [9.17, 15) is 9.59 Å². The van der Waals surface area contributed by atoms with Gasteiger partial charge in [0.05, 0.1) is 0 Å². The van der Waals surface area contributed by atoms with E-state index in [1.807, 2.05) is 4.90 Å². The van der Waals surface area contributed by atoms with Crippen LogP contribution in [0.4, 0.5) is 0 Å². The van der Waals surface area contributed by atoms with Gasteiger partial charge in [-0.05, 0) is 30.2 Å². The topological polar surface area (TPSA) is 52.7 Å². The molecule has 2 rings (SSSR count). The Bertz CT molecular complexity index is 554. The number of carbonyl (C=O) groups excluding carboxylic acids is 2. The molecular formula is C18H26ClN3O2. The SMILES string of the molecule is CC(C)CN(CCC(=O)N1CCNCC1)C(=O)c1ccc(Cl)cc1. The lowest BCUT2D eigenvalue weighted by molar-refractivity contribution is -0.132. The van der Waals surface area contributed by atoms with Gasteiger partial charge in [-0.15, -0.1) is 0 Å². The van der Waals surface area contributed by atoms with Crippen LogP contribution < -0.4 is 5.32 Å². The third kappa shape index (κ3) is 5.49. The zero-order chi connectivity index (χ0) is 17.5. The maximum absolute atomic E-state index is 12.7. The van der Waals surface area contributed by atoms with Gasteiger partial charge in [-0.1, -0.05) is 25.4 Å². The van der Waals surface area contributed by atoms with E-state index in [4.69, 9.17) is 11.6 Å². The summed E-state index contributed by atoms with van der Waals surface area (Å²) >= 11 is 5.89. The summed E-state index contributed by atoms with van der Waals surface area (Å²) in [5.41, 5.74) is 0.606. The van der Waals surface area contributed by atoms with Gasteiger partial charge in [0, 0.05) is 56.3 Å². The molecule has 2 amide bonds. The van der Waals surface area contributed by atoms with Crippen molar-refractivity contribution in [1.29, 1.82) is 0 Å². The van der Waals surface area contributed by atoms with Crippen LogP contribution >= 0.6 is 11.6 Å². The van der Waals surface area contributed by atoms with E-state index in [-0.39, 0.29) is 11.8 Å². The minimum Gasteiger partial charge on any atom is -0.340 e. The molecule has 6 heteroatoms. The van der Waals surface area contributed by atoms with E-state index in [0.29, 0.717) is 36.0 Å². The molecule has 1 N–H and O–H groups in total. The second-order valence-corrected chi connectivity index (χ2v) is 6.97. The normalized spacial score (nSPS) is 14.8. The molecule has 1 heterocycles. The van der Waals surface area contributed by atoms with Crippen LogP contribution in [-0.4, -0.2) is 60.9 Å². The van der Waals surface area contributed by atoms with Crippen LogP contribution in [0.3, 0.4) is 0 Å². The Balaban J connectivity index is 1.98. The van der Waals surface area contributed by atoms with Gasteiger partial charge in [-0.2, -0.15) is 0 Å². The summed E-state index contributed by atoms with van der Waals surface area (Å²) in [6.45, 7) is 8.39. The van der Waals surface area contributed by atoms with Crippen LogP contribution in [0.15, 0.2) is 24.3 Å². The van der Waals surface area contributed by atoms with Crippen molar-refractivity contribution in [2.75, 3.05) is 39.3 Å². The Kier molecular flexibility index (Phi) is 7.06. The monoisotopic (exact) mass is 351 g/mol. The second kappa shape index (κ2) is 9.04. The van der Waals surface area contributed by atoms with Crippen LogP contribution in [-0.2, 0) is 4.79 Å². The molecule has 132 valence electrons. The molecule has 1 aliphatic rings. The lowest BCUT2D eigenvalue weighted by atomic mass is 10.1. The number of benzene rings is 1. The molecule has 1 aliphatic heterocycles. The number of hydrogen-bond donors (Lipinski definition) is 1. The van der Waals surface area contributed by atoms with E-state index < -0.39 is 0 Å². The fraction of sp³-hybridized carbons (Fsp3) is 0.556. The average molecular weight is 352 g/mol. The van der Waals surface area contributed by atoms with Crippen molar-refractivity contribution in [3.8, 4) is 0 Å². The van der Waals surface area contributed by atoms with Crippen LogP contribution in [0.25, 0.3) is 0 Å². The van der Waals surface area contributed by atoms with Crippen molar-refractivity contribution in [1.82, 2.24) is 15.1 Å². The van der Waals surface area contributed by atoms with E-state index >= 15 is 0 Å². The highest BCUT2D eigenvalue weighted by molar-refractivity contribution is 6.30. The van der Waals surface area contributed by atoms with Crippen molar-refractivity contribution in [3.63, 3.8) is 0 Å². The van der Waals surface area contributed by atoms with E-state index in [0.717, 1.165) is 26.2 Å². The predicted molar refractivity (Wildman–Crippen MR) is 96.3 cm³/mol. The predicted octanol–water partition coefficient (Wildman–Crippen LogP) is 2.26. The first-order chi connectivity index (χ1) is 11.5. The summed E-state index contributed by atoms with van der Waals surface area (Å²) in [5, 5.41) is 3.84. The zero-order valence-electron chi connectivity index (χ0n) is 14.4. The van der Waals surface area contributed by atoms with Gasteiger partial charge in [0.2, 0.25) is 5.91 Å². The number of nitrogens with zero attached hydrogens (tertiary/aromatic N) is 2. The second-order valence-electron chi connectivity index (χ2n) is 6.53. The Morgan fingerprint density at radius 3 is 2.42 bits per heavy atom. The number of rotatable bonds is 6. The number of piperazine rings is 1. The lowest BCUT2D eigenvalue weighted by Crippen LogP contribution is -2.47. The Labute approximate surface area is 149 Å². The maximum atomic E-state index is 12.7. The molecule has 0 spiro atoms. The minimum absolute atomic E-state index is 0.0477. The molecule has 1 aromatic rings. The first kappa shape index (κ1) is 18.7. The van der Waals surface area contributed by atoms with Crippen molar-refractivity contribution < 1.29 is 9.59 Å². The molecule has 0 atom stereocenters. The minimum atomic E-state index is -0.0477. The Morgan fingerprint density at radius 1 is 1.21 bits per heavy atom. The molecule has 0 radical (unpaired) electrons. The fourth-order valence-corrected chi connectivity index (χ4v) is 2.92. The summed E-state index contributed by atoms with van der Waals surface area (Å²) in [6, 6.07) is 6.90. The maximum Gasteiger partial charge on any atom is 0.253 e. The standard InChI is InChI=1S/C18H26ClN3O2/c1-14(2)13-22(18(24)15-3-5-16(19)6-4-15)10-7-17(23)21-11-8-20-9-12-21/h3-6,14,20H,7-13H2,1-2H3. The van der Waals surface area contributed by atoms with Gasteiger partial charge in [0.1, 0.15) is 0 Å². The summed E-state index contributed by atoms with van der Waals surface area (Å²) in [5.74, 6) is 0.415.